The molecule has 0 heterocycles. The molecule has 0 N–H and O–H groups in total. The van der Waals surface area contributed by atoms with Crippen molar-refractivity contribution >= 4 is 0 Å². The number of ether oxygens (including phenoxy) is 2. The van der Waals surface area contributed by atoms with Gasteiger partial charge in [-0.25, -0.2) is 0 Å². The molecule has 0 spiro atoms. The van der Waals surface area contributed by atoms with Gasteiger partial charge in [-0.1, -0.05) is 20.3 Å². The summed E-state index contributed by atoms with van der Waals surface area (Å²) in [7, 11) is 1.67. The minimum Gasteiger partial charge on any atom is -0.497 e. The first kappa shape index (κ1) is 11.9. The lowest BCUT2D eigenvalue weighted by molar-refractivity contribution is 0.251. The molecule has 1 rings (SSSR count). The summed E-state index contributed by atoms with van der Waals surface area (Å²) in [5.41, 5.74) is 0. The molecule has 0 amide bonds. The first-order valence-electron chi connectivity index (χ1n) is 5.53. The van der Waals surface area contributed by atoms with E-state index in [1.165, 1.54) is 12.8 Å². The Kier molecular flexibility index (Phi) is 5.02. The fourth-order valence-electron chi connectivity index (χ4n) is 1.49. The van der Waals surface area contributed by atoms with Gasteiger partial charge >= 0.3 is 0 Å². The van der Waals surface area contributed by atoms with Crippen LogP contribution in [0.15, 0.2) is 24.3 Å². The summed E-state index contributed by atoms with van der Waals surface area (Å²) in [6.07, 6.45) is 2.43. The van der Waals surface area contributed by atoms with Crippen molar-refractivity contribution < 1.29 is 9.47 Å². The maximum absolute atomic E-state index is 5.66. The van der Waals surface area contributed by atoms with Crippen molar-refractivity contribution in [1.29, 1.82) is 0 Å². The number of hydrogen-bond acceptors (Lipinski definition) is 2. The van der Waals surface area contributed by atoms with Crippen LogP contribution < -0.4 is 9.47 Å². The zero-order chi connectivity index (χ0) is 11.1. The molecule has 0 aliphatic rings. The predicted molar refractivity (Wildman–Crippen MR) is 62.6 cm³/mol. The molecular weight excluding hydrogens is 188 g/mol. The Labute approximate surface area is 92.2 Å². The Hall–Kier alpha value is -1.18. The molecule has 0 radical (unpaired) electrons. The molecule has 15 heavy (non-hydrogen) atoms. The van der Waals surface area contributed by atoms with Gasteiger partial charge in [0, 0.05) is 0 Å². The molecular formula is C13H20O2. The van der Waals surface area contributed by atoms with Crippen LogP contribution >= 0.6 is 0 Å². The van der Waals surface area contributed by atoms with Crippen molar-refractivity contribution in [2.75, 3.05) is 13.7 Å². The molecule has 1 aromatic carbocycles. The van der Waals surface area contributed by atoms with Gasteiger partial charge in [-0.2, -0.15) is 0 Å². The summed E-state index contributed by atoms with van der Waals surface area (Å²) in [5, 5.41) is 0. The minimum atomic E-state index is 0.622. The first-order valence-corrected chi connectivity index (χ1v) is 5.53. The van der Waals surface area contributed by atoms with E-state index in [0.29, 0.717) is 5.92 Å². The van der Waals surface area contributed by atoms with Gasteiger partial charge in [0.2, 0.25) is 0 Å². The van der Waals surface area contributed by atoms with E-state index in [2.05, 4.69) is 13.8 Å². The van der Waals surface area contributed by atoms with Crippen LogP contribution in [0.4, 0.5) is 0 Å². The van der Waals surface area contributed by atoms with Crippen LogP contribution in [-0.2, 0) is 0 Å². The van der Waals surface area contributed by atoms with E-state index in [-0.39, 0.29) is 0 Å². The van der Waals surface area contributed by atoms with Crippen molar-refractivity contribution in [3.8, 4) is 11.5 Å². The van der Waals surface area contributed by atoms with Crippen molar-refractivity contribution in [3.05, 3.63) is 24.3 Å². The van der Waals surface area contributed by atoms with Gasteiger partial charge in [-0.3, -0.25) is 0 Å². The molecule has 0 saturated carbocycles. The largest absolute Gasteiger partial charge is 0.497 e. The fourth-order valence-corrected chi connectivity index (χ4v) is 1.49. The average molecular weight is 208 g/mol. The molecule has 0 fully saturated rings. The molecule has 0 aliphatic heterocycles. The maximum atomic E-state index is 5.66. The minimum absolute atomic E-state index is 0.622. The van der Waals surface area contributed by atoms with Gasteiger partial charge in [0.15, 0.2) is 0 Å². The van der Waals surface area contributed by atoms with Crippen LogP contribution in [-0.4, -0.2) is 13.7 Å². The molecule has 84 valence electrons. The lowest BCUT2D eigenvalue weighted by atomic mass is 10.1. The van der Waals surface area contributed by atoms with Crippen molar-refractivity contribution in [2.24, 2.45) is 5.92 Å². The Balaban J connectivity index is 2.37. The molecule has 1 unspecified atom stereocenters. The van der Waals surface area contributed by atoms with Gasteiger partial charge in [0.1, 0.15) is 11.5 Å². The average Bonchev–Trinajstić information content (AvgIpc) is 2.27. The van der Waals surface area contributed by atoms with E-state index in [1.54, 1.807) is 7.11 Å². The smallest absolute Gasteiger partial charge is 0.119 e. The molecule has 0 aliphatic carbocycles. The lowest BCUT2D eigenvalue weighted by Gasteiger charge is -2.12. The van der Waals surface area contributed by atoms with Crippen molar-refractivity contribution in [1.82, 2.24) is 0 Å². The monoisotopic (exact) mass is 208 g/mol. The standard InChI is InChI=1S/C13H20O2/c1-4-5-11(2)10-15-13-8-6-12(14-3)7-9-13/h6-9,11H,4-5,10H2,1-3H3. The predicted octanol–water partition coefficient (Wildman–Crippen LogP) is 3.51. The van der Waals surface area contributed by atoms with E-state index in [0.717, 1.165) is 18.1 Å². The van der Waals surface area contributed by atoms with Crippen LogP contribution in [0.3, 0.4) is 0 Å². The third-order valence-corrected chi connectivity index (χ3v) is 2.38. The van der Waals surface area contributed by atoms with E-state index in [9.17, 15) is 0 Å². The highest BCUT2D eigenvalue weighted by Crippen LogP contribution is 2.18. The second-order valence-corrected chi connectivity index (χ2v) is 3.88. The van der Waals surface area contributed by atoms with E-state index in [1.807, 2.05) is 24.3 Å². The second kappa shape index (κ2) is 6.33. The van der Waals surface area contributed by atoms with E-state index >= 15 is 0 Å². The third-order valence-electron chi connectivity index (χ3n) is 2.38. The van der Waals surface area contributed by atoms with Crippen LogP contribution in [0.2, 0.25) is 0 Å². The molecule has 1 atom stereocenters. The van der Waals surface area contributed by atoms with Gasteiger partial charge in [-0.05, 0) is 36.6 Å². The maximum Gasteiger partial charge on any atom is 0.119 e. The molecule has 2 nitrogen and oxygen atoms in total. The Bertz CT molecular complexity index is 266. The Morgan fingerprint density at radius 3 is 2.27 bits per heavy atom. The summed E-state index contributed by atoms with van der Waals surface area (Å²) in [6.45, 7) is 5.21. The number of benzene rings is 1. The Morgan fingerprint density at radius 2 is 1.73 bits per heavy atom. The fraction of sp³-hybridized carbons (Fsp3) is 0.538. The first-order chi connectivity index (χ1) is 7.26. The number of methoxy groups -OCH3 is 1. The van der Waals surface area contributed by atoms with Crippen LogP contribution in [0.1, 0.15) is 26.7 Å². The summed E-state index contributed by atoms with van der Waals surface area (Å²) >= 11 is 0. The number of rotatable bonds is 6. The van der Waals surface area contributed by atoms with Gasteiger partial charge in [0.25, 0.3) is 0 Å². The molecule has 0 saturated heterocycles. The summed E-state index contributed by atoms with van der Waals surface area (Å²) in [6, 6.07) is 7.72. The molecule has 0 bridgehead atoms. The zero-order valence-corrected chi connectivity index (χ0v) is 9.82. The molecule has 0 aromatic heterocycles. The normalized spacial score (nSPS) is 12.2. The van der Waals surface area contributed by atoms with Crippen LogP contribution in [0.25, 0.3) is 0 Å². The lowest BCUT2D eigenvalue weighted by Crippen LogP contribution is -2.07. The second-order valence-electron chi connectivity index (χ2n) is 3.88. The zero-order valence-electron chi connectivity index (χ0n) is 9.82. The van der Waals surface area contributed by atoms with Crippen LogP contribution in [0, 0.1) is 5.92 Å². The molecule has 2 heteroatoms. The van der Waals surface area contributed by atoms with Crippen molar-refractivity contribution in [3.63, 3.8) is 0 Å². The topological polar surface area (TPSA) is 18.5 Å². The Morgan fingerprint density at radius 1 is 1.13 bits per heavy atom. The highest BCUT2D eigenvalue weighted by atomic mass is 16.5. The SMILES string of the molecule is CCCC(C)COc1ccc(OC)cc1. The highest BCUT2D eigenvalue weighted by molar-refractivity contribution is 5.31. The van der Waals surface area contributed by atoms with Crippen LogP contribution in [0.5, 0.6) is 11.5 Å². The summed E-state index contributed by atoms with van der Waals surface area (Å²) in [4.78, 5) is 0. The van der Waals surface area contributed by atoms with E-state index in [4.69, 9.17) is 9.47 Å². The van der Waals surface area contributed by atoms with E-state index < -0.39 is 0 Å². The number of hydrogen-bond donors (Lipinski definition) is 0. The van der Waals surface area contributed by atoms with Gasteiger partial charge < -0.3 is 9.47 Å². The van der Waals surface area contributed by atoms with Crippen molar-refractivity contribution in [2.45, 2.75) is 26.7 Å². The van der Waals surface area contributed by atoms with Gasteiger partial charge in [-0.15, -0.1) is 0 Å². The highest BCUT2D eigenvalue weighted by Gasteiger charge is 2.01. The summed E-state index contributed by atoms with van der Waals surface area (Å²) in [5.74, 6) is 2.40. The third kappa shape index (κ3) is 4.24. The quantitative estimate of drug-likeness (QED) is 0.712. The summed E-state index contributed by atoms with van der Waals surface area (Å²) < 4.78 is 10.7. The van der Waals surface area contributed by atoms with Gasteiger partial charge in [0.05, 0.1) is 13.7 Å². The molecule has 1 aromatic rings.